The van der Waals surface area contributed by atoms with Gasteiger partial charge < -0.3 is 16.0 Å². The first-order valence-corrected chi connectivity index (χ1v) is 7.49. The number of rotatable bonds is 5. The van der Waals surface area contributed by atoms with E-state index in [-0.39, 0.29) is 5.91 Å². The van der Waals surface area contributed by atoms with Crippen molar-refractivity contribution in [2.75, 3.05) is 24.6 Å². The first kappa shape index (κ1) is 15.1. The molecule has 4 nitrogen and oxygen atoms in total. The van der Waals surface area contributed by atoms with E-state index >= 15 is 0 Å². The molecule has 0 saturated heterocycles. The van der Waals surface area contributed by atoms with Crippen molar-refractivity contribution in [1.29, 1.82) is 0 Å². The van der Waals surface area contributed by atoms with Crippen LogP contribution < -0.4 is 11.1 Å². The normalized spacial score (nSPS) is 15.8. The van der Waals surface area contributed by atoms with Crippen molar-refractivity contribution in [2.24, 2.45) is 0 Å². The third kappa shape index (κ3) is 4.12. The maximum atomic E-state index is 11.9. The molecule has 1 aromatic carbocycles. The number of benzene rings is 1. The van der Waals surface area contributed by atoms with E-state index in [0.717, 1.165) is 6.54 Å². The molecular weight excluding hydrogens is 274 g/mol. The van der Waals surface area contributed by atoms with E-state index in [1.165, 1.54) is 25.7 Å². The number of halogens is 1. The lowest BCUT2D eigenvalue weighted by atomic mass is 10.2. The van der Waals surface area contributed by atoms with Crippen molar-refractivity contribution in [1.82, 2.24) is 4.90 Å². The van der Waals surface area contributed by atoms with Gasteiger partial charge in [0, 0.05) is 24.7 Å². The number of nitrogens with one attached hydrogen (secondary N) is 1. The van der Waals surface area contributed by atoms with Gasteiger partial charge in [-0.25, -0.2) is 0 Å². The zero-order valence-corrected chi connectivity index (χ0v) is 12.6. The van der Waals surface area contributed by atoms with Crippen LogP contribution in [0, 0.1) is 0 Å². The minimum absolute atomic E-state index is 0.0125. The molecule has 0 aliphatic heterocycles. The molecule has 0 heterocycles. The third-order valence-corrected chi connectivity index (χ3v) is 4.22. The van der Waals surface area contributed by atoms with Gasteiger partial charge in [-0.05, 0) is 38.1 Å². The second-order valence-corrected chi connectivity index (χ2v) is 5.86. The first-order chi connectivity index (χ1) is 9.56. The Bertz CT molecular complexity index is 472. The Balaban J connectivity index is 1.80. The minimum Gasteiger partial charge on any atom is -0.399 e. The first-order valence-electron chi connectivity index (χ1n) is 7.11. The van der Waals surface area contributed by atoms with Gasteiger partial charge in [0.25, 0.3) is 0 Å². The van der Waals surface area contributed by atoms with Crippen molar-refractivity contribution in [3.05, 3.63) is 23.2 Å². The smallest absolute Gasteiger partial charge is 0.225 e. The second kappa shape index (κ2) is 6.95. The molecule has 20 heavy (non-hydrogen) atoms. The van der Waals surface area contributed by atoms with Gasteiger partial charge in [0.05, 0.1) is 10.7 Å². The van der Waals surface area contributed by atoms with Crippen LogP contribution >= 0.6 is 11.6 Å². The van der Waals surface area contributed by atoms with E-state index in [2.05, 4.69) is 17.3 Å². The van der Waals surface area contributed by atoms with Gasteiger partial charge in [-0.3, -0.25) is 4.79 Å². The lowest BCUT2D eigenvalue weighted by molar-refractivity contribution is -0.116. The summed E-state index contributed by atoms with van der Waals surface area (Å²) in [4.78, 5) is 14.2. The van der Waals surface area contributed by atoms with Crippen LogP contribution in [0.4, 0.5) is 11.4 Å². The Morgan fingerprint density at radius 3 is 2.80 bits per heavy atom. The molecule has 110 valence electrons. The van der Waals surface area contributed by atoms with Crippen LogP contribution in [0.5, 0.6) is 0 Å². The van der Waals surface area contributed by atoms with E-state index in [1.807, 2.05) is 0 Å². The molecule has 1 aliphatic rings. The largest absolute Gasteiger partial charge is 0.399 e. The van der Waals surface area contributed by atoms with Crippen molar-refractivity contribution >= 4 is 28.9 Å². The summed E-state index contributed by atoms with van der Waals surface area (Å²) in [5, 5.41) is 3.30. The Kier molecular flexibility index (Phi) is 5.26. The van der Waals surface area contributed by atoms with Gasteiger partial charge in [-0.1, -0.05) is 24.4 Å². The molecular formula is C15H22ClN3O. The molecule has 0 spiro atoms. The van der Waals surface area contributed by atoms with Crippen molar-refractivity contribution in [2.45, 2.75) is 38.1 Å². The van der Waals surface area contributed by atoms with Crippen molar-refractivity contribution < 1.29 is 4.79 Å². The van der Waals surface area contributed by atoms with Crippen LogP contribution in [0.2, 0.25) is 5.02 Å². The fraction of sp³-hybridized carbons (Fsp3) is 0.533. The van der Waals surface area contributed by atoms with Crippen LogP contribution in [-0.2, 0) is 4.79 Å². The van der Waals surface area contributed by atoms with E-state index in [1.54, 1.807) is 18.2 Å². The quantitative estimate of drug-likeness (QED) is 0.821. The highest BCUT2D eigenvalue weighted by atomic mass is 35.5. The second-order valence-electron chi connectivity index (χ2n) is 5.46. The van der Waals surface area contributed by atoms with Crippen molar-refractivity contribution in [3.63, 3.8) is 0 Å². The topological polar surface area (TPSA) is 58.4 Å². The number of nitrogens with two attached hydrogens (primary N) is 1. The summed E-state index contributed by atoms with van der Waals surface area (Å²) in [6.45, 7) is 0.781. The van der Waals surface area contributed by atoms with E-state index in [0.29, 0.717) is 28.9 Å². The SMILES string of the molecule is CN(CCC(=O)Nc1ccc(N)cc1Cl)C1CCCC1. The number of amides is 1. The number of carbonyl (C=O) groups is 1. The molecule has 0 aromatic heterocycles. The molecule has 0 radical (unpaired) electrons. The highest BCUT2D eigenvalue weighted by Crippen LogP contribution is 2.25. The predicted octanol–water partition coefficient (Wildman–Crippen LogP) is 3.13. The summed E-state index contributed by atoms with van der Waals surface area (Å²) in [5.74, 6) is -0.0125. The molecule has 2 rings (SSSR count). The number of carbonyl (C=O) groups excluding carboxylic acids is 1. The van der Waals surface area contributed by atoms with Gasteiger partial charge >= 0.3 is 0 Å². The fourth-order valence-corrected chi connectivity index (χ4v) is 2.89. The molecule has 0 unspecified atom stereocenters. The molecule has 0 atom stereocenters. The summed E-state index contributed by atoms with van der Waals surface area (Å²) in [6.07, 6.45) is 5.60. The Hall–Kier alpha value is -1.26. The maximum Gasteiger partial charge on any atom is 0.225 e. The third-order valence-electron chi connectivity index (χ3n) is 3.91. The van der Waals surface area contributed by atoms with Crippen molar-refractivity contribution in [3.8, 4) is 0 Å². The maximum absolute atomic E-state index is 11.9. The van der Waals surface area contributed by atoms with E-state index in [4.69, 9.17) is 17.3 Å². The van der Waals surface area contributed by atoms with Crippen LogP contribution in [-0.4, -0.2) is 30.4 Å². The predicted molar refractivity (Wildman–Crippen MR) is 84.0 cm³/mol. The standard InChI is InChI=1S/C15H22ClN3O/c1-19(12-4-2-3-5-12)9-8-15(20)18-14-7-6-11(17)10-13(14)16/h6-7,10,12H,2-5,8-9,17H2,1H3,(H,18,20). The average molecular weight is 296 g/mol. The van der Waals surface area contributed by atoms with Gasteiger partial charge in [0.2, 0.25) is 5.91 Å². The summed E-state index contributed by atoms with van der Waals surface area (Å²) in [5.41, 5.74) is 6.83. The van der Waals surface area contributed by atoms with Crippen LogP contribution in [0.1, 0.15) is 32.1 Å². The minimum atomic E-state index is -0.0125. The van der Waals surface area contributed by atoms with Crippen LogP contribution in [0.25, 0.3) is 0 Å². The lowest BCUT2D eigenvalue weighted by Gasteiger charge is -2.23. The van der Waals surface area contributed by atoms with Gasteiger partial charge in [0.15, 0.2) is 0 Å². The molecule has 5 heteroatoms. The Morgan fingerprint density at radius 2 is 2.15 bits per heavy atom. The average Bonchev–Trinajstić information content (AvgIpc) is 2.93. The molecule has 1 saturated carbocycles. The molecule has 1 fully saturated rings. The number of hydrogen-bond acceptors (Lipinski definition) is 3. The van der Waals surface area contributed by atoms with Gasteiger partial charge in [0.1, 0.15) is 0 Å². The highest BCUT2D eigenvalue weighted by Gasteiger charge is 2.19. The zero-order chi connectivity index (χ0) is 14.5. The number of nitrogen functional groups attached to an aromatic ring is 1. The number of nitrogens with zero attached hydrogens (tertiary/aromatic N) is 1. The molecule has 1 aromatic rings. The number of anilines is 2. The summed E-state index contributed by atoms with van der Waals surface area (Å²) >= 11 is 6.03. The van der Waals surface area contributed by atoms with Gasteiger partial charge in [-0.2, -0.15) is 0 Å². The van der Waals surface area contributed by atoms with E-state index < -0.39 is 0 Å². The Labute approximate surface area is 125 Å². The van der Waals surface area contributed by atoms with Gasteiger partial charge in [-0.15, -0.1) is 0 Å². The van der Waals surface area contributed by atoms with Crippen LogP contribution in [0.15, 0.2) is 18.2 Å². The molecule has 1 aliphatic carbocycles. The summed E-state index contributed by atoms with van der Waals surface area (Å²) in [7, 11) is 2.10. The fourth-order valence-electron chi connectivity index (χ4n) is 2.65. The van der Waals surface area contributed by atoms with Crippen LogP contribution in [0.3, 0.4) is 0 Å². The highest BCUT2D eigenvalue weighted by molar-refractivity contribution is 6.34. The summed E-state index contributed by atoms with van der Waals surface area (Å²) < 4.78 is 0. The Morgan fingerprint density at radius 1 is 1.45 bits per heavy atom. The molecule has 0 bridgehead atoms. The molecule has 1 amide bonds. The van der Waals surface area contributed by atoms with E-state index in [9.17, 15) is 4.79 Å². The lowest BCUT2D eigenvalue weighted by Crippen LogP contribution is -2.32. The summed E-state index contributed by atoms with van der Waals surface area (Å²) in [6, 6.07) is 5.74. The zero-order valence-electron chi connectivity index (χ0n) is 11.9. The molecule has 3 N–H and O–H groups in total. The monoisotopic (exact) mass is 295 g/mol. The number of hydrogen-bond donors (Lipinski definition) is 2.